The van der Waals surface area contributed by atoms with E-state index in [-0.39, 0.29) is 24.4 Å². The quantitative estimate of drug-likeness (QED) is 0.830. The molecule has 1 atom stereocenters. The Morgan fingerprint density at radius 2 is 2.04 bits per heavy atom. The number of nitrogens with one attached hydrogen (secondary N) is 2. The molecule has 0 radical (unpaired) electrons. The van der Waals surface area contributed by atoms with E-state index >= 15 is 0 Å². The van der Waals surface area contributed by atoms with Gasteiger partial charge in [-0.25, -0.2) is 4.79 Å². The van der Waals surface area contributed by atoms with Crippen molar-refractivity contribution in [3.05, 3.63) is 29.3 Å². The summed E-state index contributed by atoms with van der Waals surface area (Å²) in [6, 6.07) is 2.89. The number of ether oxygens (including phenoxy) is 1. The summed E-state index contributed by atoms with van der Waals surface area (Å²) in [4.78, 5) is 14.0. The third-order valence-corrected chi connectivity index (χ3v) is 4.08. The Morgan fingerprint density at radius 3 is 2.74 bits per heavy atom. The van der Waals surface area contributed by atoms with E-state index in [0.717, 1.165) is 25.2 Å². The molecule has 1 aromatic carbocycles. The van der Waals surface area contributed by atoms with Crippen LogP contribution in [-0.4, -0.2) is 43.7 Å². The van der Waals surface area contributed by atoms with Gasteiger partial charge in [0.2, 0.25) is 0 Å². The lowest BCUT2D eigenvalue weighted by atomic mass is 9.98. The molecule has 2 N–H and O–H groups in total. The number of alkyl halides is 3. The van der Waals surface area contributed by atoms with Crippen molar-refractivity contribution in [2.75, 3.05) is 32.8 Å². The smallest absolute Gasteiger partial charge is 0.416 e. The largest absolute Gasteiger partial charge is 0.493 e. The van der Waals surface area contributed by atoms with Crippen LogP contribution in [0.1, 0.15) is 23.6 Å². The molecule has 0 aromatic heterocycles. The summed E-state index contributed by atoms with van der Waals surface area (Å²) >= 11 is 0. The molecule has 1 aromatic rings. The SMILES string of the molecule is O=C(NC1CCOc2cc(C(F)(F)F)ccc21)N1CCNCC1. The van der Waals surface area contributed by atoms with Crippen molar-refractivity contribution in [1.82, 2.24) is 15.5 Å². The average Bonchev–Trinajstić information content (AvgIpc) is 2.54. The van der Waals surface area contributed by atoms with Gasteiger partial charge in [0, 0.05) is 38.2 Å². The second kappa shape index (κ2) is 6.27. The fraction of sp³-hybridized carbons (Fsp3) is 0.533. The third-order valence-electron chi connectivity index (χ3n) is 4.08. The molecule has 126 valence electrons. The first kappa shape index (κ1) is 15.9. The van der Waals surface area contributed by atoms with Crippen molar-refractivity contribution in [1.29, 1.82) is 0 Å². The maximum absolute atomic E-state index is 12.8. The van der Waals surface area contributed by atoms with Crippen LogP contribution in [0, 0.1) is 0 Å². The third kappa shape index (κ3) is 3.52. The number of hydrogen-bond acceptors (Lipinski definition) is 3. The zero-order valence-electron chi connectivity index (χ0n) is 12.4. The molecule has 0 spiro atoms. The number of carbonyl (C=O) groups excluding carboxylic acids is 1. The summed E-state index contributed by atoms with van der Waals surface area (Å²) in [6.45, 7) is 3.00. The number of rotatable bonds is 1. The van der Waals surface area contributed by atoms with E-state index in [1.807, 2.05) is 0 Å². The summed E-state index contributed by atoms with van der Waals surface area (Å²) in [5.74, 6) is 0.191. The Morgan fingerprint density at radius 1 is 1.30 bits per heavy atom. The lowest BCUT2D eigenvalue weighted by Crippen LogP contribution is -2.51. The zero-order chi connectivity index (χ0) is 16.4. The number of piperazine rings is 1. The first-order valence-corrected chi connectivity index (χ1v) is 7.55. The van der Waals surface area contributed by atoms with E-state index in [1.165, 1.54) is 6.07 Å². The molecule has 0 bridgehead atoms. The maximum Gasteiger partial charge on any atom is 0.416 e. The average molecular weight is 329 g/mol. The van der Waals surface area contributed by atoms with Gasteiger partial charge >= 0.3 is 12.2 Å². The molecule has 1 fully saturated rings. The fourth-order valence-corrected chi connectivity index (χ4v) is 2.82. The molecule has 0 aliphatic carbocycles. The monoisotopic (exact) mass is 329 g/mol. The number of benzene rings is 1. The second-order valence-corrected chi connectivity index (χ2v) is 5.63. The molecule has 2 heterocycles. The number of amides is 2. The number of carbonyl (C=O) groups is 1. The molecular formula is C15H18F3N3O2. The van der Waals surface area contributed by atoms with Crippen molar-refractivity contribution < 1.29 is 22.7 Å². The standard InChI is InChI=1S/C15H18F3N3O2/c16-15(17,18)10-1-2-11-12(3-8-23-13(11)9-10)20-14(22)21-6-4-19-5-7-21/h1-2,9,12,19H,3-8H2,(H,20,22). The number of halogens is 3. The van der Waals surface area contributed by atoms with E-state index in [0.29, 0.717) is 25.1 Å². The van der Waals surface area contributed by atoms with Gasteiger partial charge in [-0.05, 0) is 12.1 Å². The van der Waals surface area contributed by atoms with Crippen molar-refractivity contribution >= 4 is 6.03 Å². The Balaban J connectivity index is 1.75. The van der Waals surface area contributed by atoms with Crippen molar-refractivity contribution in [2.45, 2.75) is 18.6 Å². The molecule has 2 aliphatic rings. The number of hydrogen-bond donors (Lipinski definition) is 2. The number of fused-ring (bicyclic) bond motifs is 1. The predicted molar refractivity (Wildman–Crippen MR) is 77.3 cm³/mol. The van der Waals surface area contributed by atoms with Gasteiger partial charge in [0.15, 0.2) is 0 Å². The molecule has 2 aliphatic heterocycles. The maximum atomic E-state index is 12.8. The molecule has 0 saturated carbocycles. The summed E-state index contributed by atoms with van der Waals surface area (Å²) < 4.78 is 43.7. The molecule has 8 heteroatoms. The van der Waals surface area contributed by atoms with Crippen LogP contribution in [0.2, 0.25) is 0 Å². The lowest BCUT2D eigenvalue weighted by Gasteiger charge is -2.32. The van der Waals surface area contributed by atoms with Crippen LogP contribution in [0.3, 0.4) is 0 Å². The van der Waals surface area contributed by atoms with Crippen LogP contribution < -0.4 is 15.4 Å². The first-order chi connectivity index (χ1) is 10.9. The van der Waals surface area contributed by atoms with Crippen molar-refractivity contribution in [3.63, 3.8) is 0 Å². The van der Waals surface area contributed by atoms with Crippen LogP contribution in [-0.2, 0) is 6.18 Å². The normalized spacial score (nSPS) is 21.3. The van der Waals surface area contributed by atoms with Crippen molar-refractivity contribution in [3.8, 4) is 5.75 Å². The molecule has 23 heavy (non-hydrogen) atoms. The summed E-state index contributed by atoms with van der Waals surface area (Å²) in [5.41, 5.74) is -0.155. The number of nitrogens with zero attached hydrogens (tertiary/aromatic N) is 1. The van der Waals surface area contributed by atoms with Gasteiger partial charge in [-0.2, -0.15) is 13.2 Å². The highest BCUT2D eigenvalue weighted by Gasteiger charge is 2.33. The molecular weight excluding hydrogens is 311 g/mol. The predicted octanol–water partition coefficient (Wildman–Crippen LogP) is 2.14. The molecule has 1 unspecified atom stereocenters. The molecule has 3 rings (SSSR count). The van der Waals surface area contributed by atoms with Crippen molar-refractivity contribution in [2.24, 2.45) is 0 Å². The van der Waals surface area contributed by atoms with E-state index in [9.17, 15) is 18.0 Å². The van der Waals surface area contributed by atoms with Crippen LogP contribution in [0.15, 0.2) is 18.2 Å². The summed E-state index contributed by atoms with van der Waals surface area (Å²) in [5, 5.41) is 6.06. The second-order valence-electron chi connectivity index (χ2n) is 5.63. The van der Waals surface area contributed by atoms with Gasteiger partial charge in [-0.3, -0.25) is 0 Å². The van der Waals surface area contributed by atoms with E-state index < -0.39 is 11.7 Å². The van der Waals surface area contributed by atoms with Crippen LogP contribution in [0.5, 0.6) is 5.75 Å². The first-order valence-electron chi connectivity index (χ1n) is 7.55. The lowest BCUT2D eigenvalue weighted by molar-refractivity contribution is -0.137. The van der Waals surface area contributed by atoms with Gasteiger partial charge < -0.3 is 20.3 Å². The fourth-order valence-electron chi connectivity index (χ4n) is 2.82. The van der Waals surface area contributed by atoms with Gasteiger partial charge in [-0.15, -0.1) is 0 Å². The minimum Gasteiger partial charge on any atom is -0.493 e. The highest BCUT2D eigenvalue weighted by molar-refractivity contribution is 5.75. The Hall–Kier alpha value is -1.96. The minimum atomic E-state index is -4.41. The van der Waals surface area contributed by atoms with E-state index in [1.54, 1.807) is 4.90 Å². The van der Waals surface area contributed by atoms with Gasteiger partial charge in [-0.1, -0.05) is 6.07 Å². The van der Waals surface area contributed by atoms with E-state index in [4.69, 9.17) is 4.74 Å². The summed E-state index contributed by atoms with van der Waals surface area (Å²) in [6.07, 6.45) is -3.87. The zero-order valence-corrected chi connectivity index (χ0v) is 12.4. The van der Waals surface area contributed by atoms with Gasteiger partial charge in [0.25, 0.3) is 0 Å². The Labute approximate surface area is 131 Å². The topological polar surface area (TPSA) is 53.6 Å². The Kier molecular flexibility index (Phi) is 4.34. The summed E-state index contributed by atoms with van der Waals surface area (Å²) in [7, 11) is 0. The molecule has 1 saturated heterocycles. The van der Waals surface area contributed by atoms with Crippen LogP contribution >= 0.6 is 0 Å². The molecule has 5 nitrogen and oxygen atoms in total. The highest BCUT2D eigenvalue weighted by Crippen LogP contribution is 2.37. The Bertz CT molecular complexity index is 586. The molecule has 2 amide bonds. The number of urea groups is 1. The van der Waals surface area contributed by atoms with Gasteiger partial charge in [0.1, 0.15) is 5.75 Å². The van der Waals surface area contributed by atoms with Crippen LogP contribution in [0.25, 0.3) is 0 Å². The highest BCUT2D eigenvalue weighted by atomic mass is 19.4. The van der Waals surface area contributed by atoms with E-state index in [2.05, 4.69) is 10.6 Å². The minimum absolute atomic E-state index is 0.191. The van der Waals surface area contributed by atoms with Crippen LogP contribution in [0.4, 0.5) is 18.0 Å². The van der Waals surface area contributed by atoms with Gasteiger partial charge in [0.05, 0.1) is 18.2 Å².